The van der Waals surface area contributed by atoms with E-state index in [0.29, 0.717) is 6.42 Å². The van der Waals surface area contributed by atoms with E-state index in [0.717, 1.165) is 38.8 Å². The van der Waals surface area contributed by atoms with Crippen molar-refractivity contribution in [2.75, 3.05) is 13.1 Å². The second-order valence-electron chi connectivity index (χ2n) is 5.08. The maximum absolute atomic E-state index is 12.3. The minimum absolute atomic E-state index is 0.0361. The third-order valence-corrected chi connectivity index (χ3v) is 5.11. The number of rotatable bonds is 3. The van der Waals surface area contributed by atoms with E-state index < -0.39 is 6.04 Å². The number of nitrogens with zero attached hydrogens (tertiary/aromatic N) is 2. The van der Waals surface area contributed by atoms with Crippen LogP contribution in [0.2, 0.25) is 0 Å². The van der Waals surface area contributed by atoms with Crippen LogP contribution >= 0.6 is 25.0 Å². The second-order valence-corrected chi connectivity index (χ2v) is 6.45. The molecule has 18 heavy (non-hydrogen) atoms. The van der Waals surface area contributed by atoms with Gasteiger partial charge in [-0.3, -0.25) is 14.3 Å². The number of likely N-dealkylation sites (tertiary alicyclic amines) is 1. The van der Waals surface area contributed by atoms with Gasteiger partial charge in [-0.15, -0.1) is 0 Å². The largest absolute Gasteiger partial charge is 0.341 e. The topological polar surface area (TPSA) is 49.7 Å². The molecule has 1 amide bonds. The van der Waals surface area contributed by atoms with Crippen molar-refractivity contribution in [3.63, 3.8) is 0 Å². The summed E-state index contributed by atoms with van der Waals surface area (Å²) in [5, 5.41) is 0. The van der Waals surface area contributed by atoms with Gasteiger partial charge in [0, 0.05) is 19.5 Å². The monoisotopic (exact) mass is 332 g/mol. The first-order chi connectivity index (χ1) is 8.63. The van der Waals surface area contributed by atoms with E-state index in [1.807, 2.05) is 4.90 Å². The highest BCUT2D eigenvalue weighted by Crippen LogP contribution is 2.31. The van der Waals surface area contributed by atoms with Crippen LogP contribution in [0.1, 0.15) is 32.1 Å². The summed E-state index contributed by atoms with van der Waals surface area (Å²) in [5.74, 6) is 0.325. The molecule has 6 heteroatoms. The number of ketones is 1. The molecule has 2 fully saturated rings. The minimum atomic E-state index is -0.399. The van der Waals surface area contributed by atoms with Gasteiger partial charge in [-0.2, -0.15) is 0 Å². The van der Waals surface area contributed by atoms with E-state index in [-0.39, 0.29) is 22.4 Å². The van der Waals surface area contributed by atoms with E-state index in [2.05, 4.69) is 29.7 Å². The van der Waals surface area contributed by atoms with Crippen molar-refractivity contribution in [2.45, 2.75) is 43.0 Å². The maximum Gasteiger partial charge on any atom is 0.248 e. The van der Waals surface area contributed by atoms with Crippen LogP contribution in [0.4, 0.5) is 0 Å². The summed E-state index contributed by atoms with van der Waals surface area (Å²) in [6.45, 7) is 1.66. The summed E-state index contributed by atoms with van der Waals surface area (Å²) in [7, 11) is 3.14. The molecule has 3 unspecified atom stereocenters. The third kappa shape index (κ3) is 3.00. The standard InChI is InChI=1S/C12H18BrN2O2P/c13-9-4-3-8(7-10(9)16)11(14-18)12(17)15-5-1-2-6-15/h8-9,11,18H,1-7H2. The molecule has 2 rings (SSSR count). The number of alkyl halides is 1. The molecule has 1 saturated heterocycles. The van der Waals surface area contributed by atoms with Crippen LogP contribution in [0.25, 0.3) is 0 Å². The zero-order valence-electron chi connectivity index (χ0n) is 10.3. The van der Waals surface area contributed by atoms with Crippen LogP contribution in [0.15, 0.2) is 4.74 Å². The number of hydrogen-bond donors (Lipinski definition) is 0. The smallest absolute Gasteiger partial charge is 0.248 e. The zero-order valence-corrected chi connectivity index (χ0v) is 12.9. The lowest BCUT2D eigenvalue weighted by Gasteiger charge is -2.30. The molecule has 4 nitrogen and oxygen atoms in total. The van der Waals surface area contributed by atoms with Gasteiger partial charge in [0.1, 0.15) is 11.8 Å². The SMILES string of the molecule is O=C1CC(C(N=P)C(=O)N2CCCC2)CCC1Br. The van der Waals surface area contributed by atoms with Crippen molar-refractivity contribution in [3.8, 4) is 0 Å². The Kier molecular flexibility index (Phi) is 4.91. The summed E-state index contributed by atoms with van der Waals surface area (Å²) in [6.07, 6.45) is 4.28. The van der Waals surface area contributed by atoms with E-state index in [1.54, 1.807) is 0 Å². The normalized spacial score (nSPS) is 30.3. The second kappa shape index (κ2) is 6.25. The van der Waals surface area contributed by atoms with Crippen molar-refractivity contribution in [1.29, 1.82) is 0 Å². The predicted molar refractivity (Wildman–Crippen MR) is 75.4 cm³/mol. The van der Waals surface area contributed by atoms with Crippen molar-refractivity contribution >= 4 is 36.7 Å². The summed E-state index contributed by atoms with van der Waals surface area (Å²) < 4.78 is 4.06. The van der Waals surface area contributed by atoms with Crippen LogP contribution in [0.5, 0.6) is 0 Å². The van der Waals surface area contributed by atoms with Gasteiger partial charge >= 0.3 is 0 Å². The molecule has 0 bridgehead atoms. The summed E-state index contributed by atoms with van der Waals surface area (Å²) >= 11 is 3.37. The first kappa shape index (κ1) is 14.1. The van der Waals surface area contributed by atoms with Gasteiger partial charge in [-0.1, -0.05) is 15.9 Å². The van der Waals surface area contributed by atoms with E-state index >= 15 is 0 Å². The Morgan fingerprint density at radius 1 is 1.39 bits per heavy atom. The van der Waals surface area contributed by atoms with Gasteiger partial charge in [-0.05, 0) is 40.6 Å². The van der Waals surface area contributed by atoms with Gasteiger partial charge in [0.25, 0.3) is 0 Å². The Labute approximate surface area is 118 Å². The van der Waals surface area contributed by atoms with Gasteiger partial charge in [0.05, 0.1) is 4.83 Å². The number of halogens is 1. The van der Waals surface area contributed by atoms with Crippen LogP contribution in [-0.2, 0) is 9.59 Å². The fourth-order valence-electron chi connectivity index (χ4n) is 2.77. The van der Waals surface area contributed by atoms with Crippen LogP contribution in [0, 0.1) is 5.92 Å². The molecule has 0 aromatic heterocycles. The molecule has 0 N–H and O–H groups in total. The van der Waals surface area contributed by atoms with Crippen molar-refractivity contribution < 1.29 is 9.59 Å². The van der Waals surface area contributed by atoms with Crippen molar-refractivity contribution in [3.05, 3.63) is 0 Å². The Bertz CT molecular complexity index is 358. The molecular formula is C12H18BrN2O2P. The first-order valence-electron chi connectivity index (χ1n) is 6.45. The summed E-state index contributed by atoms with van der Waals surface area (Å²) in [4.78, 5) is 25.9. The first-order valence-corrected chi connectivity index (χ1v) is 7.82. The number of amides is 1. The Balaban J connectivity index is 2.01. The highest BCUT2D eigenvalue weighted by atomic mass is 79.9. The Morgan fingerprint density at radius 3 is 2.61 bits per heavy atom. The van der Waals surface area contributed by atoms with E-state index in [4.69, 9.17) is 0 Å². The van der Waals surface area contributed by atoms with Gasteiger partial charge < -0.3 is 4.90 Å². The molecule has 0 aromatic rings. The maximum atomic E-state index is 12.3. The molecule has 1 heterocycles. The lowest BCUT2D eigenvalue weighted by Crippen LogP contribution is -2.42. The highest BCUT2D eigenvalue weighted by Gasteiger charge is 2.37. The minimum Gasteiger partial charge on any atom is -0.341 e. The average molecular weight is 333 g/mol. The van der Waals surface area contributed by atoms with Gasteiger partial charge in [0.2, 0.25) is 5.91 Å². The molecule has 0 radical (unpaired) electrons. The lowest BCUT2D eigenvalue weighted by molar-refractivity contribution is -0.133. The van der Waals surface area contributed by atoms with Crippen LogP contribution in [0.3, 0.4) is 0 Å². The van der Waals surface area contributed by atoms with E-state index in [9.17, 15) is 9.59 Å². The fourth-order valence-corrected chi connectivity index (χ4v) is 3.54. The molecule has 1 saturated carbocycles. The molecule has 3 atom stereocenters. The third-order valence-electron chi connectivity index (χ3n) is 3.86. The lowest BCUT2D eigenvalue weighted by atomic mass is 9.83. The van der Waals surface area contributed by atoms with Gasteiger partial charge in [-0.25, -0.2) is 0 Å². The number of carbonyl (C=O) groups is 2. The average Bonchev–Trinajstić information content (AvgIpc) is 2.88. The molecule has 1 aliphatic heterocycles. The van der Waals surface area contributed by atoms with Crippen molar-refractivity contribution in [1.82, 2.24) is 4.90 Å². The molecule has 100 valence electrons. The van der Waals surface area contributed by atoms with Gasteiger partial charge in [0.15, 0.2) is 0 Å². The van der Waals surface area contributed by atoms with Crippen LogP contribution in [-0.4, -0.2) is 40.5 Å². The molecule has 2 aliphatic rings. The fraction of sp³-hybridized carbons (Fsp3) is 0.833. The number of hydrogen-bond acceptors (Lipinski definition) is 3. The molecular weight excluding hydrogens is 315 g/mol. The highest BCUT2D eigenvalue weighted by molar-refractivity contribution is 9.10. The quantitative estimate of drug-likeness (QED) is 0.588. The Morgan fingerprint density at radius 2 is 2.06 bits per heavy atom. The zero-order chi connectivity index (χ0) is 13.1. The molecule has 0 spiro atoms. The number of Topliss-reactive ketones (excluding diaryl/α,β-unsaturated/α-hetero) is 1. The van der Waals surface area contributed by atoms with Crippen molar-refractivity contribution in [2.24, 2.45) is 10.7 Å². The Hall–Kier alpha value is -0.280. The molecule has 1 aliphatic carbocycles. The summed E-state index contributed by atoms with van der Waals surface area (Å²) in [6, 6.07) is -0.399. The number of carbonyl (C=O) groups excluding carboxylic acids is 2. The van der Waals surface area contributed by atoms with Crippen LogP contribution < -0.4 is 0 Å². The van der Waals surface area contributed by atoms with E-state index in [1.165, 1.54) is 0 Å². The molecule has 0 aromatic carbocycles. The summed E-state index contributed by atoms with van der Waals surface area (Å²) in [5.41, 5.74) is 0. The predicted octanol–water partition coefficient (Wildman–Crippen LogP) is 2.44.